The van der Waals surface area contributed by atoms with Crippen LogP contribution in [0.3, 0.4) is 0 Å². The van der Waals surface area contributed by atoms with Gasteiger partial charge in [0.05, 0.1) is 10.4 Å². The second kappa shape index (κ2) is 6.86. The minimum Gasteiger partial charge on any atom is -0.408 e. The number of non-ortho nitro benzene ring substituents is 1. The molecule has 1 heterocycles. The van der Waals surface area contributed by atoms with Gasteiger partial charge < -0.3 is 9.73 Å². The summed E-state index contributed by atoms with van der Waals surface area (Å²) in [4.78, 5) is 34.3. The largest absolute Gasteiger partial charge is 0.420 e. The Labute approximate surface area is 137 Å². The van der Waals surface area contributed by atoms with Crippen molar-refractivity contribution in [3.63, 3.8) is 0 Å². The van der Waals surface area contributed by atoms with Gasteiger partial charge in [-0.25, -0.2) is 4.79 Å². The molecule has 0 radical (unpaired) electrons. The molecular formula is C16H19N3O5. The van der Waals surface area contributed by atoms with E-state index in [2.05, 4.69) is 5.32 Å². The Morgan fingerprint density at radius 3 is 2.79 bits per heavy atom. The fourth-order valence-corrected chi connectivity index (χ4v) is 3.16. The lowest BCUT2D eigenvalue weighted by Crippen LogP contribution is -2.34. The molecule has 24 heavy (non-hydrogen) atoms. The number of fused-ring (bicyclic) bond motifs is 1. The van der Waals surface area contributed by atoms with Crippen LogP contribution < -0.4 is 11.1 Å². The van der Waals surface area contributed by atoms with Gasteiger partial charge in [0, 0.05) is 18.7 Å². The van der Waals surface area contributed by atoms with Crippen LogP contribution in [0, 0.1) is 16.0 Å². The van der Waals surface area contributed by atoms with Gasteiger partial charge >= 0.3 is 5.76 Å². The molecule has 1 aromatic heterocycles. The summed E-state index contributed by atoms with van der Waals surface area (Å²) in [5.41, 5.74) is 0.326. The van der Waals surface area contributed by atoms with E-state index in [4.69, 9.17) is 4.42 Å². The zero-order valence-corrected chi connectivity index (χ0v) is 13.2. The van der Waals surface area contributed by atoms with Crippen molar-refractivity contribution in [1.82, 2.24) is 9.88 Å². The van der Waals surface area contributed by atoms with E-state index in [1.54, 1.807) is 0 Å². The normalized spacial score (nSPS) is 15.5. The summed E-state index contributed by atoms with van der Waals surface area (Å²) in [6, 6.07) is 3.87. The van der Waals surface area contributed by atoms with Crippen molar-refractivity contribution in [2.45, 2.75) is 38.6 Å². The summed E-state index contributed by atoms with van der Waals surface area (Å²) < 4.78 is 6.16. The van der Waals surface area contributed by atoms with E-state index in [1.165, 1.54) is 37.5 Å². The highest BCUT2D eigenvalue weighted by Crippen LogP contribution is 2.23. The summed E-state index contributed by atoms with van der Waals surface area (Å²) >= 11 is 0. The molecule has 1 fully saturated rings. The second-order valence-electron chi connectivity index (χ2n) is 6.17. The number of carbonyl (C=O) groups is 1. The van der Waals surface area contributed by atoms with Gasteiger partial charge in [0.2, 0.25) is 5.91 Å². The molecule has 3 rings (SSSR count). The first-order valence-electron chi connectivity index (χ1n) is 8.09. The van der Waals surface area contributed by atoms with Crippen molar-refractivity contribution in [1.29, 1.82) is 0 Å². The molecule has 0 bridgehead atoms. The van der Waals surface area contributed by atoms with Crippen molar-refractivity contribution >= 4 is 22.7 Å². The third-order valence-electron chi connectivity index (χ3n) is 4.48. The summed E-state index contributed by atoms with van der Waals surface area (Å²) in [6.07, 6.45) is 5.85. The number of amides is 1. The molecule has 0 aliphatic heterocycles. The van der Waals surface area contributed by atoms with Gasteiger partial charge in [-0.1, -0.05) is 19.3 Å². The fourth-order valence-electron chi connectivity index (χ4n) is 3.16. The zero-order chi connectivity index (χ0) is 17.1. The SMILES string of the molecule is O=C(Cn1c(=O)oc2ccc([N+](=O)[O-])cc21)NCC1CCCCC1. The molecular weight excluding hydrogens is 314 g/mol. The van der Waals surface area contributed by atoms with Crippen LogP contribution in [0.2, 0.25) is 0 Å². The van der Waals surface area contributed by atoms with Crippen molar-refractivity contribution in [3.8, 4) is 0 Å². The predicted molar refractivity (Wildman–Crippen MR) is 86.7 cm³/mol. The first-order chi connectivity index (χ1) is 11.5. The van der Waals surface area contributed by atoms with Crippen LogP contribution in [0.15, 0.2) is 27.4 Å². The van der Waals surface area contributed by atoms with E-state index >= 15 is 0 Å². The molecule has 8 heteroatoms. The number of nitrogens with zero attached hydrogens (tertiary/aromatic N) is 2. The number of carbonyl (C=O) groups excluding carboxylic acids is 1. The minimum atomic E-state index is -0.696. The number of hydrogen-bond acceptors (Lipinski definition) is 5. The molecule has 1 saturated carbocycles. The maximum atomic E-state index is 12.1. The predicted octanol–water partition coefficient (Wildman–Crippen LogP) is 2.20. The molecule has 1 aliphatic rings. The van der Waals surface area contributed by atoms with Gasteiger partial charge in [-0.2, -0.15) is 0 Å². The van der Waals surface area contributed by atoms with E-state index in [0.29, 0.717) is 12.5 Å². The monoisotopic (exact) mass is 333 g/mol. The average Bonchev–Trinajstić information content (AvgIpc) is 2.89. The first kappa shape index (κ1) is 16.2. The topological polar surface area (TPSA) is 107 Å². The molecule has 0 atom stereocenters. The van der Waals surface area contributed by atoms with Crippen LogP contribution in [-0.4, -0.2) is 21.9 Å². The standard InChI is InChI=1S/C16H19N3O5/c20-15(17-9-11-4-2-1-3-5-11)10-18-13-8-12(19(22)23)6-7-14(13)24-16(18)21/h6-8,11H,1-5,9-10H2,(H,17,20). The number of nitro groups is 1. The molecule has 0 spiro atoms. The van der Waals surface area contributed by atoms with Gasteiger partial charge in [-0.05, 0) is 24.8 Å². The van der Waals surface area contributed by atoms with E-state index in [1.807, 2.05) is 0 Å². The fraction of sp³-hybridized carbons (Fsp3) is 0.500. The van der Waals surface area contributed by atoms with Gasteiger partial charge in [-0.15, -0.1) is 0 Å². The molecule has 2 aromatic rings. The number of oxazole rings is 1. The number of rotatable bonds is 5. The Bertz CT molecular complexity index is 817. The smallest absolute Gasteiger partial charge is 0.408 e. The van der Waals surface area contributed by atoms with Crippen molar-refractivity contribution < 1.29 is 14.1 Å². The molecule has 0 saturated heterocycles. The Kier molecular flexibility index (Phi) is 4.64. The third kappa shape index (κ3) is 3.47. The molecule has 1 aromatic carbocycles. The van der Waals surface area contributed by atoms with Crippen LogP contribution in [0.1, 0.15) is 32.1 Å². The van der Waals surface area contributed by atoms with Gasteiger partial charge in [0.1, 0.15) is 6.54 Å². The lowest BCUT2D eigenvalue weighted by molar-refractivity contribution is -0.384. The highest BCUT2D eigenvalue weighted by molar-refractivity contribution is 5.80. The molecule has 1 N–H and O–H groups in total. The maximum absolute atomic E-state index is 12.1. The van der Waals surface area contributed by atoms with E-state index in [-0.39, 0.29) is 29.2 Å². The van der Waals surface area contributed by atoms with Crippen LogP contribution >= 0.6 is 0 Å². The van der Waals surface area contributed by atoms with Crippen molar-refractivity contribution in [2.24, 2.45) is 5.92 Å². The molecule has 8 nitrogen and oxygen atoms in total. The van der Waals surface area contributed by atoms with Crippen LogP contribution in [0.25, 0.3) is 11.1 Å². The highest BCUT2D eigenvalue weighted by Gasteiger charge is 2.18. The summed E-state index contributed by atoms with van der Waals surface area (Å²) in [5.74, 6) is -0.503. The zero-order valence-electron chi connectivity index (χ0n) is 13.2. The lowest BCUT2D eigenvalue weighted by atomic mass is 9.89. The Balaban J connectivity index is 1.72. The number of hydrogen-bond donors (Lipinski definition) is 1. The van der Waals surface area contributed by atoms with Crippen molar-refractivity contribution in [3.05, 3.63) is 38.9 Å². The van der Waals surface area contributed by atoms with Gasteiger partial charge in [0.25, 0.3) is 5.69 Å². The summed E-state index contributed by atoms with van der Waals surface area (Å²) in [5, 5.41) is 13.7. The molecule has 0 unspecified atom stereocenters. The van der Waals surface area contributed by atoms with E-state index < -0.39 is 10.7 Å². The second-order valence-corrected chi connectivity index (χ2v) is 6.17. The number of benzene rings is 1. The molecule has 1 amide bonds. The number of nitrogens with one attached hydrogen (secondary N) is 1. The molecule has 1 aliphatic carbocycles. The Morgan fingerprint density at radius 1 is 1.33 bits per heavy atom. The van der Waals surface area contributed by atoms with Gasteiger partial charge in [0.15, 0.2) is 5.58 Å². The summed E-state index contributed by atoms with van der Waals surface area (Å²) in [6.45, 7) is 0.392. The molecule has 128 valence electrons. The Hall–Kier alpha value is -2.64. The van der Waals surface area contributed by atoms with Crippen LogP contribution in [0.5, 0.6) is 0 Å². The quantitative estimate of drug-likeness (QED) is 0.666. The number of aromatic nitrogens is 1. The first-order valence-corrected chi connectivity index (χ1v) is 8.09. The third-order valence-corrected chi connectivity index (χ3v) is 4.48. The van der Waals surface area contributed by atoms with Gasteiger partial charge in [-0.3, -0.25) is 19.5 Å². The average molecular weight is 333 g/mol. The lowest BCUT2D eigenvalue weighted by Gasteiger charge is -2.21. The van der Waals surface area contributed by atoms with E-state index in [9.17, 15) is 19.7 Å². The van der Waals surface area contributed by atoms with Crippen molar-refractivity contribution in [2.75, 3.05) is 6.54 Å². The number of nitro benzene ring substituents is 1. The summed E-state index contributed by atoms with van der Waals surface area (Å²) in [7, 11) is 0. The van der Waals surface area contributed by atoms with Crippen LogP contribution in [0.4, 0.5) is 5.69 Å². The van der Waals surface area contributed by atoms with Crippen LogP contribution in [-0.2, 0) is 11.3 Å². The minimum absolute atomic E-state index is 0.153. The maximum Gasteiger partial charge on any atom is 0.420 e. The Morgan fingerprint density at radius 2 is 2.08 bits per heavy atom. The highest BCUT2D eigenvalue weighted by atomic mass is 16.6. The van der Waals surface area contributed by atoms with E-state index in [0.717, 1.165) is 17.4 Å².